The molecule has 1 heterocycles. The maximum atomic E-state index is 12.2. The first kappa shape index (κ1) is 16.0. The lowest BCUT2D eigenvalue weighted by atomic mass is 10.2. The largest absolute Gasteiger partial charge is 0.482 e. The van der Waals surface area contributed by atoms with E-state index in [1.165, 1.54) is 17.4 Å². The molecule has 1 unspecified atom stereocenters. The van der Waals surface area contributed by atoms with Crippen LogP contribution in [0.15, 0.2) is 29.6 Å². The Morgan fingerprint density at radius 2 is 2.23 bits per heavy atom. The summed E-state index contributed by atoms with van der Waals surface area (Å²) >= 11 is 1.49. The third-order valence-corrected chi connectivity index (χ3v) is 3.96. The molecular weight excluding hydrogens is 304 g/mol. The molecule has 0 saturated carbocycles. The molecule has 116 valence electrons. The van der Waals surface area contributed by atoms with Gasteiger partial charge in [0.25, 0.3) is 5.91 Å². The topological polar surface area (TPSA) is 88.5 Å². The van der Waals surface area contributed by atoms with Crippen LogP contribution < -0.4 is 10.1 Å². The van der Waals surface area contributed by atoms with E-state index in [1.54, 1.807) is 18.2 Å². The number of carboxylic acid groups (broad SMARTS) is 1. The van der Waals surface area contributed by atoms with Gasteiger partial charge in [-0.25, -0.2) is 9.78 Å². The number of hydrogen-bond acceptors (Lipinski definition) is 5. The summed E-state index contributed by atoms with van der Waals surface area (Å²) in [6.45, 7) is 3.32. The van der Waals surface area contributed by atoms with Gasteiger partial charge in [0.1, 0.15) is 10.8 Å². The summed E-state index contributed by atoms with van der Waals surface area (Å²) in [6.07, 6.45) is 0. The van der Waals surface area contributed by atoms with Crippen LogP contribution in [0, 0.1) is 6.92 Å². The summed E-state index contributed by atoms with van der Waals surface area (Å²) in [7, 11) is 0. The van der Waals surface area contributed by atoms with Crippen LogP contribution in [0.1, 0.15) is 34.0 Å². The number of carbonyl (C=O) groups excluding carboxylic acids is 1. The van der Waals surface area contributed by atoms with E-state index in [1.807, 2.05) is 19.2 Å². The fourth-order valence-electron chi connectivity index (χ4n) is 1.78. The Bertz CT molecular complexity index is 684. The molecule has 0 bridgehead atoms. The molecule has 2 rings (SSSR count). The zero-order valence-electron chi connectivity index (χ0n) is 12.2. The predicted molar refractivity (Wildman–Crippen MR) is 82.3 cm³/mol. The van der Waals surface area contributed by atoms with E-state index in [2.05, 4.69) is 10.3 Å². The molecule has 22 heavy (non-hydrogen) atoms. The van der Waals surface area contributed by atoms with Gasteiger partial charge in [0.2, 0.25) is 0 Å². The number of ether oxygens (including phenoxy) is 1. The van der Waals surface area contributed by atoms with E-state index in [0.717, 1.165) is 10.7 Å². The van der Waals surface area contributed by atoms with Crippen LogP contribution in [0.2, 0.25) is 0 Å². The maximum Gasteiger partial charge on any atom is 0.341 e. The van der Waals surface area contributed by atoms with Crippen LogP contribution in [0.4, 0.5) is 0 Å². The number of thiazole rings is 1. The van der Waals surface area contributed by atoms with Crippen LogP contribution in [0.5, 0.6) is 5.75 Å². The minimum Gasteiger partial charge on any atom is -0.482 e. The van der Waals surface area contributed by atoms with Crippen molar-refractivity contribution in [1.29, 1.82) is 0 Å². The second kappa shape index (κ2) is 7.04. The third kappa shape index (κ3) is 4.29. The van der Waals surface area contributed by atoms with Crippen LogP contribution in [-0.2, 0) is 4.79 Å². The van der Waals surface area contributed by atoms with Gasteiger partial charge in [-0.05, 0) is 32.0 Å². The van der Waals surface area contributed by atoms with E-state index < -0.39 is 12.6 Å². The molecule has 0 aliphatic rings. The molecule has 0 aliphatic carbocycles. The first-order valence-electron chi connectivity index (χ1n) is 6.63. The minimum atomic E-state index is -1.07. The van der Waals surface area contributed by atoms with E-state index in [0.29, 0.717) is 11.3 Å². The Hall–Kier alpha value is -2.41. The highest BCUT2D eigenvalue weighted by Gasteiger charge is 2.14. The molecule has 0 saturated heterocycles. The fraction of sp³-hybridized carbons (Fsp3) is 0.267. The number of nitrogens with zero attached hydrogens (tertiary/aromatic N) is 1. The summed E-state index contributed by atoms with van der Waals surface area (Å²) in [5.41, 5.74) is 1.33. The number of benzene rings is 1. The van der Waals surface area contributed by atoms with Crippen molar-refractivity contribution in [3.8, 4) is 5.75 Å². The summed E-state index contributed by atoms with van der Waals surface area (Å²) in [6, 6.07) is 6.20. The highest BCUT2D eigenvalue weighted by molar-refractivity contribution is 7.09. The molecule has 1 atom stereocenters. The lowest BCUT2D eigenvalue weighted by Gasteiger charge is -2.12. The SMILES string of the molecule is Cc1csc(C(C)NC(=O)c2cccc(OCC(=O)O)c2)n1. The Balaban J connectivity index is 2.02. The molecule has 1 amide bonds. The number of amides is 1. The highest BCUT2D eigenvalue weighted by atomic mass is 32.1. The first-order chi connectivity index (χ1) is 10.5. The predicted octanol–water partition coefficient (Wildman–Crippen LogP) is 2.41. The van der Waals surface area contributed by atoms with Crippen LogP contribution in [0.25, 0.3) is 0 Å². The normalized spacial score (nSPS) is 11.7. The van der Waals surface area contributed by atoms with E-state index in [9.17, 15) is 9.59 Å². The van der Waals surface area contributed by atoms with Crippen molar-refractivity contribution < 1.29 is 19.4 Å². The zero-order valence-corrected chi connectivity index (χ0v) is 13.0. The summed E-state index contributed by atoms with van der Waals surface area (Å²) < 4.78 is 5.06. The molecule has 1 aromatic carbocycles. The molecule has 0 spiro atoms. The molecule has 7 heteroatoms. The monoisotopic (exact) mass is 320 g/mol. The number of aliphatic carboxylic acids is 1. The van der Waals surface area contributed by atoms with E-state index in [4.69, 9.17) is 9.84 Å². The number of aryl methyl sites for hydroxylation is 1. The molecule has 2 N–H and O–H groups in total. The molecular formula is C15H16N2O4S. The van der Waals surface area contributed by atoms with Crippen LogP contribution in [0.3, 0.4) is 0 Å². The number of rotatable bonds is 6. The lowest BCUT2D eigenvalue weighted by molar-refractivity contribution is -0.139. The molecule has 6 nitrogen and oxygen atoms in total. The average molecular weight is 320 g/mol. The van der Waals surface area contributed by atoms with Crippen molar-refractivity contribution in [2.75, 3.05) is 6.61 Å². The van der Waals surface area contributed by atoms with Gasteiger partial charge in [0, 0.05) is 16.6 Å². The first-order valence-corrected chi connectivity index (χ1v) is 7.51. The van der Waals surface area contributed by atoms with Gasteiger partial charge < -0.3 is 15.2 Å². The zero-order chi connectivity index (χ0) is 16.1. The summed E-state index contributed by atoms with van der Waals surface area (Å²) in [5, 5.41) is 14.2. The van der Waals surface area contributed by atoms with Crippen molar-refractivity contribution in [1.82, 2.24) is 10.3 Å². The minimum absolute atomic E-state index is 0.199. The Morgan fingerprint density at radius 1 is 1.45 bits per heavy atom. The standard InChI is InChI=1S/C15H16N2O4S/c1-9-8-22-15(16-9)10(2)17-14(20)11-4-3-5-12(6-11)21-7-13(18)19/h3-6,8,10H,7H2,1-2H3,(H,17,20)(H,18,19). The van der Waals surface area contributed by atoms with E-state index in [-0.39, 0.29) is 11.9 Å². The van der Waals surface area contributed by atoms with Crippen LogP contribution >= 0.6 is 11.3 Å². The quantitative estimate of drug-likeness (QED) is 0.853. The van der Waals surface area contributed by atoms with Gasteiger partial charge in [-0.15, -0.1) is 11.3 Å². The van der Waals surface area contributed by atoms with Crippen molar-refractivity contribution in [3.05, 3.63) is 45.9 Å². The van der Waals surface area contributed by atoms with Crippen molar-refractivity contribution in [2.24, 2.45) is 0 Å². The molecule has 0 radical (unpaired) electrons. The molecule has 1 aromatic heterocycles. The van der Waals surface area contributed by atoms with Crippen molar-refractivity contribution >= 4 is 23.2 Å². The number of aromatic nitrogens is 1. The fourth-order valence-corrected chi connectivity index (χ4v) is 2.59. The highest BCUT2D eigenvalue weighted by Crippen LogP contribution is 2.19. The Morgan fingerprint density at radius 3 is 2.86 bits per heavy atom. The van der Waals surface area contributed by atoms with Gasteiger partial charge in [-0.2, -0.15) is 0 Å². The summed E-state index contributed by atoms with van der Waals surface area (Å²) in [4.78, 5) is 27.0. The van der Waals surface area contributed by atoms with Gasteiger partial charge >= 0.3 is 5.97 Å². The number of hydrogen-bond donors (Lipinski definition) is 2. The van der Waals surface area contributed by atoms with E-state index >= 15 is 0 Å². The number of nitrogens with one attached hydrogen (secondary N) is 1. The Labute approximate surface area is 131 Å². The van der Waals surface area contributed by atoms with Gasteiger partial charge in [-0.1, -0.05) is 6.07 Å². The number of carbonyl (C=O) groups is 2. The second-order valence-corrected chi connectivity index (χ2v) is 5.62. The van der Waals surface area contributed by atoms with Gasteiger partial charge in [0.05, 0.1) is 6.04 Å². The van der Waals surface area contributed by atoms with Crippen molar-refractivity contribution in [3.63, 3.8) is 0 Å². The number of carboxylic acids is 1. The molecule has 0 aliphatic heterocycles. The van der Waals surface area contributed by atoms with Crippen molar-refractivity contribution in [2.45, 2.75) is 19.9 Å². The Kier molecular flexibility index (Phi) is 5.11. The van der Waals surface area contributed by atoms with Gasteiger partial charge in [0.15, 0.2) is 6.61 Å². The van der Waals surface area contributed by atoms with Gasteiger partial charge in [-0.3, -0.25) is 4.79 Å². The third-order valence-electron chi connectivity index (χ3n) is 2.81. The second-order valence-electron chi connectivity index (χ2n) is 4.73. The lowest BCUT2D eigenvalue weighted by Crippen LogP contribution is -2.26. The smallest absolute Gasteiger partial charge is 0.341 e. The molecule has 2 aromatic rings. The van der Waals surface area contributed by atoms with Crippen LogP contribution in [-0.4, -0.2) is 28.6 Å². The summed E-state index contributed by atoms with van der Waals surface area (Å²) in [5.74, 6) is -0.989. The average Bonchev–Trinajstić information content (AvgIpc) is 2.92. The molecule has 0 fully saturated rings. The maximum absolute atomic E-state index is 12.2.